The molecule has 2 rings (SSSR count). The molecule has 7 heteroatoms. The monoisotopic (exact) mass is 311 g/mol. The maximum atomic E-state index is 12.2. The fraction of sp³-hybridized carbons (Fsp3) is 0.429. The molecule has 1 amide bonds. The van der Waals surface area contributed by atoms with Crippen LogP contribution in [0.15, 0.2) is 30.3 Å². The van der Waals surface area contributed by atoms with Crippen molar-refractivity contribution in [3.05, 3.63) is 35.9 Å². The SMILES string of the molecule is COC(=O)C(NC(=O)C1CCS(=O)(=O)C1)c1ccccc1. The number of ether oxygens (including phenoxy) is 1. The molecule has 21 heavy (non-hydrogen) atoms. The summed E-state index contributed by atoms with van der Waals surface area (Å²) in [6.45, 7) is 0. The molecule has 1 aliphatic rings. The average Bonchev–Trinajstić information content (AvgIpc) is 2.85. The fourth-order valence-corrected chi connectivity index (χ4v) is 4.04. The first kappa shape index (κ1) is 15.5. The Morgan fingerprint density at radius 2 is 1.95 bits per heavy atom. The third-order valence-corrected chi connectivity index (χ3v) is 5.23. The molecular weight excluding hydrogens is 294 g/mol. The van der Waals surface area contributed by atoms with Gasteiger partial charge in [0, 0.05) is 0 Å². The number of hydrogen-bond donors (Lipinski definition) is 1. The van der Waals surface area contributed by atoms with Crippen LogP contribution in [-0.4, -0.2) is 38.9 Å². The van der Waals surface area contributed by atoms with Gasteiger partial charge < -0.3 is 10.1 Å². The number of esters is 1. The van der Waals surface area contributed by atoms with Crippen molar-refractivity contribution in [2.24, 2.45) is 5.92 Å². The minimum atomic E-state index is -3.14. The van der Waals surface area contributed by atoms with Gasteiger partial charge in [-0.05, 0) is 12.0 Å². The lowest BCUT2D eigenvalue weighted by atomic mass is 10.0. The predicted octanol–water partition coefficient (Wildman–Crippen LogP) is 0.452. The third kappa shape index (κ3) is 3.81. The summed E-state index contributed by atoms with van der Waals surface area (Å²) in [4.78, 5) is 24.0. The standard InChI is InChI=1S/C14H17NO5S/c1-20-14(17)12(10-5-3-2-4-6-10)15-13(16)11-7-8-21(18,19)9-11/h2-6,11-12H,7-9H2,1H3,(H,15,16). The number of benzene rings is 1. The highest BCUT2D eigenvalue weighted by Crippen LogP contribution is 2.21. The van der Waals surface area contributed by atoms with Crippen LogP contribution in [0, 0.1) is 5.92 Å². The van der Waals surface area contributed by atoms with Gasteiger partial charge in [0.25, 0.3) is 0 Å². The van der Waals surface area contributed by atoms with Crippen molar-refractivity contribution >= 4 is 21.7 Å². The third-order valence-electron chi connectivity index (χ3n) is 3.46. The minimum Gasteiger partial charge on any atom is -0.467 e. The van der Waals surface area contributed by atoms with Crippen molar-refractivity contribution in [1.29, 1.82) is 0 Å². The van der Waals surface area contributed by atoms with E-state index in [1.54, 1.807) is 30.3 Å². The van der Waals surface area contributed by atoms with Gasteiger partial charge >= 0.3 is 5.97 Å². The van der Waals surface area contributed by atoms with Gasteiger partial charge in [0.1, 0.15) is 0 Å². The highest BCUT2D eigenvalue weighted by atomic mass is 32.2. The lowest BCUT2D eigenvalue weighted by molar-refractivity contribution is -0.145. The molecule has 1 aliphatic heterocycles. The molecule has 1 heterocycles. The molecule has 1 N–H and O–H groups in total. The summed E-state index contributed by atoms with van der Waals surface area (Å²) in [7, 11) is -1.90. The Morgan fingerprint density at radius 3 is 2.48 bits per heavy atom. The molecule has 6 nitrogen and oxygen atoms in total. The topological polar surface area (TPSA) is 89.5 Å². The first-order chi connectivity index (χ1) is 9.93. The number of sulfone groups is 1. The summed E-state index contributed by atoms with van der Waals surface area (Å²) < 4.78 is 27.5. The number of carbonyl (C=O) groups excluding carboxylic acids is 2. The summed E-state index contributed by atoms with van der Waals surface area (Å²) in [6.07, 6.45) is 0.289. The molecule has 0 aromatic heterocycles. The minimum absolute atomic E-state index is 0.0132. The van der Waals surface area contributed by atoms with Crippen LogP contribution in [0.2, 0.25) is 0 Å². The number of rotatable bonds is 4. The van der Waals surface area contributed by atoms with E-state index in [0.717, 1.165) is 0 Å². The number of amides is 1. The molecule has 2 atom stereocenters. The van der Waals surface area contributed by atoms with Crippen molar-refractivity contribution in [1.82, 2.24) is 5.32 Å². The Morgan fingerprint density at radius 1 is 1.29 bits per heavy atom. The Labute approximate surface area is 123 Å². The van der Waals surface area contributed by atoms with E-state index in [1.165, 1.54) is 7.11 Å². The molecule has 0 radical (unpaired) electrons. The van der Waals surface area contributed by atoms with E-state index in [2.05, 4.69) is 5.32 Å². The van der Waals surface area contributed by atoms with Gasteiger partial charge in [-0.15, -0.1) is 0 Å². The van der Waals surface area contributed by atoms with Gasteiger partial charge in [-0.1, -0.05) is 30.3 Å². The van der Waals surface area contributed by atoms with E-state index in [4.69, 9.17) is 4.74 Å². The van der Waals surface area contributed by atoms with Crippen LogP contribution in [0.5, 0.6) is 0 Å². The zero-order valence-corrected chi connectivity index (χ0v) is 12.4. The normalized spacial score (nSPS) is 21.5. The van der Waals surface area contributed by atoms with E-state index in [1.807, 2.05) is 0 Å². The number of nitrogens with one attached hydrogen (secondary N) is 1. The van der Waals surface area contributed by atoms with Gasteiger partial charge in [0.2, 0.25) is 5.91 Å². The highest BCUT2D eigenvalue weighted by Gasteiger charge is 2.35. The average molecular weight is 311 g/mol. The van der Waals surface area contributed by atoms with Crippen molar-refractivity contribution in [3.8, 4) is 0 Å². The van der Waals surface area contributed by atoms with Crippen LogP contribution in [0.1, 0.15) is 18.0 Å². The number of hydrogen-bond acceptors (Lipinski definition) is 5. The van der Waals surface area contributed by atoms with Crippen molar-refractivity contribution in [3.63, 3.8) is 0 Å². The molecule has 1 fully saturated rings. The van der Waals surface area contributed by atoms with E-state index >= 15 is 0 Å². The molecule has 0 aliphatic carbocycles. The molecular formula is C14H17NO5S. The smallest absolute Gasteiger partial charge is 0.333 e. The van der Waals surface area contributed by atoms with Crippen LogP contribution in [0.3, 0.4) is 0 Å². The quantitative estimate of drug-likeness (QED) is 0.816. The summed E-state index contributed by atoms with van der Waals surface area (Å²) >= 11 is 0. The van der Waals surface area contributed by atoms with Gasteiger partial charge in [-0.3, -0.25) is 4.79 Å². The number of methoxy groups -OCH3 is 1. The Hall–Kier alpha value is -1.89. The molecule has 1 aromatic carbocycles. The Kier molecular flexibility index (Phi) is 4.62. The zero-order valence-electron chi connectivity index (χ0n) is 11.6. The molecule has 0 saturated carbocycles. The Bertz CT molecular complexity index is 626. The summed E-state index contributed by atoms with van der Waals surface area (Å²) in [5.74, 6) is -1.78. The summed E-state index contributed by atoms with van der Waals surface area (Å²) in [6, 6.07) is 7.77. The lowest BCUT2D eigenvalue weighted by Crippen LogP contribution is -2.38. The largest absolute Gasteiger partial charge is 0.467 e. The van der Waals surface area contributed by atoms with Crippen molar-refractivity contribution < 1.29 is 22.7 Å². The fourth-order valence-electron chi connectivity index (χ4n) is 2.30. The lowest BCUT2D eigenvalue weighted by Gasteiger charge is -2.18. The Balaban J connectivity index is 2.13. The van der Waals surface area contributed by atoms with Gasteiger partial charge in [-0.2, -0.15) is 0 Å². The highest BCUT2D eigenvalue weighted by molar-refractivity contribution is 7.91. The molecule has 1 aromatic rings. The molecule has 1 saturated heterocycles. The summed E-state index contributed by atoms with van der Waals surface area (Å²) in [5.41, 5.74) is 0.596. The van der Waals surface area contributed by atoms with Crippen molar-refractivity contribution in [2.75, 3.05) is 18.6 Å². The molecule has 0 spiro atoms. The van der Waals surface area contributed by atoms with E-state index in [-0.39, 0.29) is 17.9 Å². The zero-order chi connectivity index (χ0) is 15.5. The van der Waals surface area contributed by atoms with Crippen LogP contribution in [0.25, 0.3) is 0 Å². The second kappa shape index (κ2) is 6.26. The second-order valence-corrected chi connectivity index (χ2v) is 7.20. The first-order valence-electron chi connectivity index (χ1n) is 6.56. The van der Waals surface area contributed by atoms with Gasteiger partial charge in [-0.25, -0.2) is 13.2 Å². The molecule has 114 valence electrons. The first-order valence-corrected chi connectivity index (χ1v) is 8.38. The number of carbonyl (C=O) groups is 2. The van der Waals surface area contributed by atoms with Crippen molar-refractivity contribution in [2.45, 2.75) is 12.5 Å². The maximum absolute atomic E-state index is 12.2. The van der Waals surface area contributed by atoms with Crippen LogP contribution < -0.4 is 5.32 Å². The van der Waals surface area contributed by atoms with Gasteiger partial charge in [0.15, 0.2) is 15.9 Å². The summed E-state index contributed by atoms with van der Waals surface area (Å²) in [5, 5.41) is 2.59. The van der Waals surface area contributed by atoms with Crippen LogP contribution in [0.4, 0.5) is 0 Å². The molecule has 0 bridgehead atoms. The van der Waals surface area contributed by atoms with E-state index in [9.17, 15) is 18.0 Å². The van der Waals surface area contributed by atoms with Crippen LogP contribution in [-0.2, 0) is 24.2 Å². The molecule has 2 unspecified atom stereocenters. The van der Waals surface area contributed by atoms with Gasteiger partial charge in [0.05, 0.1) is 24.5 Å². The van der Waals surface area contributed by atoms with Crippen LogP contribution >= 0.6 is 0 Å². The van der Waals surface area contributed by atoms with E-state index < -0.39 is 33.7 Å². The maximum Gasteiger partial charge on any atom is 0.333 e. The van der Waals surface area contributed by atoms with E-state index in [0.29, 0.717) is 5.56 Å². The predicted molar refractivity (Wildman–Crippen MR) is 76.1 cm³/mol. The second-order valence-electron chi connectivity index (χ2n) is 4.98.